The van der Waals surface area contributed by atoms with Gasteiger partial charge < -0.3 is 14.3 Å². The Kier molecular flexibility index (Phi) is 5.94. The van der Waals surface area contributed by atoms with Crippen LogP contribution in [0.3, 0.4) is 0 Å². The molecule has 0 aliphatic rings. The minimum Gasteiger partial charge on any atom is -0.508 e. The van der Waals surface area contributed by atoms with E-state index < -0.39 is 12.2 Å². The Balaban J connectivity index is 1.80. The molecule has 1 aromatic heterocycles. The summed E-state index contributed by atoms with van der Waals surface area (Å²) in [5.74, 6) is 0.217. The molecule has 0 atom stereocenters. The predicted molar refractivity (Wildman–Crippen MR) is 102 cm³/mol. The van der Waals surface area contributed by atoms with E-state index in [0.29, 0.717) is 25.1 Å². The number of benzene rings is 2. The van der Waals surface area contributed by atoms with E-state index in [1.54, 1.807) is 12.1 Å². The van der Waals surface area contributed by atoms with Crippen molar-refractivity contribution in [2.45, 2.75) is 33.0 Å². The van der Waals surface area contributed by atoms with E-state index in [1.807, 2.05) is 24.9 Å². The molecule has 0 spiro atoms. The first-order chi connectivity index (χ1) is 13.4. The fraction of sp³-hybridized carbons (Fsp3) is 0.286. The minimum atomic E-state index is -2.85. The molecule has 3 aromatic rings. The van der Waals surface area contributed by atoms with Crippen molar-refractivity contribution in [1.29, 1.82) is 0 Å². The molecule has 0 amide bonds. The van der Waals surface area contributed by atoms with Gasteiger partial charge in [-0.2, -0.15) is 8.78 Å². The summed E-state index contributed by atoms with van der Waals surface area (Å²) in [6.07, 6.45) is 0.656. The van der Waals surface area contributed by atoms with Crippen molar-refractivity contribution in [3.63, 3.8) is 0 Å². The zero-order chi connectivity index (χ0) is 20.3. The first-order valence-electron chi connectivity index (χ1n) is 8.86. The fourth-order valence-electron chi connectivity index (χ4n) is 3.16. The molecule has 1 N–H and O–H groups in total. The predicted octanol–water partition coefficient (Wildman–Crippen LogP) is 4.29. The maximum absolute atomic E-state index is 12.2. The summed E-state index contributed by atoms with van der Waals surface area (Å²) in [5, 5.41) is 10.8. The molecular formula is C21H21F2NO4. The first-order valence-corrected chi connectivity index (χ1v) is 8.86. The standard InChI is InChI=1S/C21H21F2NO4/c1-3-14-8-17-15(9-20(26)28-19(17)10-18(14)25)12-24(2)11-13-4-6-16(7-5-13)27-21(22)23/h4-10,21,25H,3,11-12H2,1-2H3. The van der Waals surface area contributed by atoms with Crippen LogP contribution < -0.4 is 10.4 Å². The zero-order valence-electron chi connectivity index (χ0n) is 15.6. The van der Waals surface area contributed by atoms with Gasteiger partial charge in [-0.15, -0.1) is 0 Å². The lowest BCUT2D eigenvalue weighted by atomic mass is 10.0. The minimum absolute atomic E-state index is 0.106. The number of aryl methyl sites for hydroxylation is 1. The number of hydrogen-bond donors (Lipinski definition) is 1. The van der Waals surface area contributed by atoms with Crippen LogP contribution in [0.15, 0.2) is 51.7 Å². The van der Waals surface area contributed by atoms with E-state index in [2.05, 4.69) is 4.74 Å². The molecule has 0 radical (unpaired) electrons. The third kappa shape index (κ3) is 4.67. The van der Waals surface area contributed by atoms with Crippen molar-refractivity contribution in [1.82, 2.24) is 4.90 Å². The van der Waals surface area contributed by atoms with Gasteiger partial charge in [-0.05, 0) is 48.4 Å². The SMILES string of the molecule is CCc1cc2c(CN(C)Cc3ccc(OC(F)F)cc3)cc(=O)oc2cc1O. The zero-order valence-corrected chi connectivity index (χ0v) is 15.6. The van der Waals surface area contributed by atoms with Crippen LogP contribution in [-0.2, 0) is 19.5 Å². The third-order valence-corrected chi connectivity index (χ3v) is 4.45. The number of aromatic hydroxyl groups is 1. The van der Waals surface area contributed by atoms with Gasteiger partial charge in [-0.1, -0.05) is 19.1 Å². The average Bonchev–Trinajstić information content (AvgIpc) is 2.62. The van der Waals surface area contributed by atoms with Crippen molar-refractivity contribution in [2.75, 3.05) is 7.05 Å². The highest BCUT2D eigenvalue weighted by atomic mass is 19.3. The lowest BCUT2D eigenvalue weighted by Gasteiger charge is -2.18. The van der Waals surface area contributed by atoms with Crippen molar-refractivity contribution in [3.05, 3.63) is 69.6 Å². The summed E-state index contributed by atoms with van der Waals surface area (Å²) < 4.78 is 34.0. The Bertz CT molecular complexity index is 1020. The van der Waals surface area contributed by atoms with Gasteiger partial charge in [0.05, 0.1) is 0 Å². The lowest BCUT2D eigenvalue weighted by molar-refractivity contribution is -0.0498. The number of alkyl halides is 2. The van der Waals surface area contributed by atoms with Crippen LogP contribution in [-0.4, -0.2) is 23.7 Å². The fourth-order valence-corrected chi connectivity index (χ4v) is 3.16. The summed E-state index contributed by atoms with van der Waals surface area (Å²) in [4.78, 5) is 13.9. The van der Waals surface area contributed by atoms with Gasteiger partial charge in [0.25, 0.3) is 0 Å². The number of fused-ring (bicyclic) bond motifs is 1. The van der Waals surface area contributed by atoms with Gasteiger partial charge >= 0.3 is 12.2 Å². The Morgan fingerprint density at radius 1 is 1.11 bits per heavy atom. The Morgan fingerprint density at radius 3 is 2.46 bits per heavy atom. The van der Waals surface area contributed by atoms with Crippen LogP contribution in [0.25, 0.3) is 11.0 Å². The molecule has 2 aromatic carbocycles. The molecule has 7 heteroatoms. The molecule has 1 heterocycles. The molecule has 0 saturated heterocycles. The van der Waals surface area contributed by atoms with Crippen molar-refractivity contribution < 1.29 is 23.0 Å². The number of nitrogens with zero attached hydrogens (tertiary/aromatic N) is 1. The molecule has 5 nitrogen and oxygen atoms in total. The maximum atomic E-state index is 12.2. The second-order valence-electron chi connectivity index (χ2n) is 6.62. The lowest BCUT2D eigenvalue weighted by Crippen LogP contribution is -2.18. The number of hydrogen-bond acceptors (Lipinski definition) is 5. The maximum Gasteiger partial charge on any atom is 0.387 e. The molecule has 0 fully saturated rings. The van der Waals surface area contributed by atoms with E-state index in [-0.39, 0.29) is 11.5 Å². The van der Waals surface area contributed by atoms with Crippen LogP contribution in [0.2, 0.25) is 0 Å². The quantitative estimate of drug-likeness (QED) is 0.611. The number of phenolic OH excluding ortho intramolecular Hbond substituents is 1. The number of rotatable bonds is 7. The van der Waals surface area contributed by atoms with Gasteiger partial charge in [-0.25, -0.2) is 4.79 Å². The topological polar surface area (TPSA) is 62.9 Å². The number of ether oxygens (including phenoxy) is 1. The molecule has 0 aliphatic heterocycles. The van der Waals surface area contributed by atoms with Crippen molar-refractivity contribution in [3.8, 4) is 11.5 Å². The van der Waals surface area contributed by atoms with Gasteiger partial charge in [0.1, 0.15) is 17.1 Å². The van der Waals surface area contributed by atoms with Gasteiger partial charge in [0.15, 0.2) is 0 Å². The van der Waals surface area contributed by atoms with Crippen LogP contribution in [0.1, 0.15) is 23.6 Å². The second-order valence-corrected chi connectivity index (χ2v) is 6.62. The molecule has 3 rings (SSSR count). The highest BCUT2D eigenvalue weighted by Crippen LogP contribution is 2.27. The summed E-state index contributed by atoms with van der Waals surface area (Å²) in [5.41, 5.74) is 2.36. The largest absolute Gasteiger partial charge is 0.508 e. The van der Waals surface area contributed by atoms with Gasteiger partial charge in [-0.3, -0.25) is 4.90 Å². The van der Waals surface area contributed by atoms with Crippen LogP contribution in [0, 0.1) is 0 Å². The number of phenols is 1. The van der Waals surface area contributed by atoms with Crippen molar-refractivity contribution in [2.24, 2.45) is 0 Å². The van der Waals surface area contributed by atoms with Crippen molar-refractivity contribution >= 4 is 11.0 Å². The van der Waals surface area contributed by atoms with Gasteiger partial charge in [0.2, 0.25) is 0 Å². The van der Waals surface area contributed by atoms with Crippen LogP contribution in [0.4, 0.5) is 8.78 Å². The normalized spacial score (nSPS) is 11.5. The summed E-state index contributed by atoms with van der Waals surface area (Å²) >= 11 is 0. The molecule has 0 unspecified atom stereocenters. The molecule has 0 aliphatic carbocycles. The highest BCUT2D eigenvalue weighted by molar-refractivity contribution is 5.82. The molecular weight excluding hydrogens is 368 g/mol. The first kappa shape index (κ1) is 19.8. The van der Waals surface area contributed by atoms with E-state index in [1.165, 1.54) is 24.3 Å². The third-order valence-electron chi connectivity index (χ3n) is 4.45. The average molecular weight is 389 g/mol. The Morgan fingerprint density at radius 2 is 1.82 bits per heavy atom. The van der Waals surface area contributed by atoms with E-state index in [9.17, 15) is 18.7 Å². The summed E-state index contributed by atoms with van der Waals surface area (Å²) in [6, 6.07) is 11.2. The second kappa shape index (κ2) is 8.39. The summed E-state index contributed by atoms with van der Waals surface area (Å²) in [7, 11) is 1.89. The molecule has 148 valence electrons. The Labute approximate surface area is 160 Å². The molecule has 0 saturated carbocycles. The van der Waals surface area contributed by atoms with Gasteiger partial charge in [0, 0.05) is 30.6 Å². The smallest absolute Gasteiger partial charge is 0.387 e. The van der Waals surface area contributed by atoms with Crippen LogP contribution in [0.5, 0.6) is 11.5 Å². The molecule has 28 heavy (non-hydrogen) atoms. The van der Waals surface area contributed by atoms with E-state index >= 15 is 0 Å². The van der Waals surface area contributed by atoms with Crippen LogP contribution >= 0.6 is 0 Å². The molecule has 0 bridgehead atoms. The summed E-state index contributed by atoms with van der Waals surface area (Å²) in [6.45, 7) is 0.118. The monoisotopic (exact) mass is 389 g/mol. The highest BCUT2D eigenvalue weighted by Gasteiger charge is 2.12. The number of halogens is 2. The van der Waals surface area contributed by atoms with E-state index in [4.69, 9.17) is 4.42 Å². The Hall–Kier alpha value is -2.93. The van der Waals surface area contributed by atoms with E-state index in [0.717, 1.165) is 22.1 Å².